The van der Waals surface area contributed by atoms with Crippen molar-refractivity contribution in [2.24, 2.45) is 5.92 Å². The summed E-state index contributed by atoms with van der Waals surface area (Å²) in [5.74, 6) is 4.00. The van der Waals surface area contributed by atoms with Gasteiger partial charge in [0.05, 0.1) is 0 Å². The molecule has 0 aliphatic carbocycles. The molecule has 2 atom stereocenters. The molecule has 1 aromatic carbocycles. The molecule has 1 aliphatic heterocycles. The number of hydrogen-bond donors (Lipinski definition) is 2. The molecule has 2 unspecified atom stereocenters. The molecule has 1 saturated heterocycles. The molecule has 3 nitrogen and oxygen atoms in total. The summed E-state index contributed by atoms with van der Waals surface area (Å²) in [6.07, 6.45) is 0.805. The topological polar surface area (TPSA) is 41.5 Å². The Morgan fingerprint density at radius 1 is 1.42 bits per heavy atom. The first kappa shape index (κ1) is 15.0. The van der Waals surface area contributed by atoms with Crippen molar-refractivity contribution in [3.05, 3.63) is 29.3 Å². The molecular weight excluding hydrogens is 282 g/mol. The molecule has 1 fully saturated rings. The van der Waals surface area contributed by atoms with Crippen LogP contribution in [0, 0.1) is 5.92 Å². The second-order valence-electron chi connectivity index (χ2n) is 4.81. The SMILES string of the molecule is OC(CNCC1CCSC1)COc1ccc(Cl)cc1. The fourth-order valence-corrected chi connectivity index (χ4v) is 3.39. The van der Waals surface area contributed by atoms with Crippen molar-refractivity contribution in [3.8, 4) is 5.75 Å². The highest BCUT2D eigenvalue weighted by Crippen LogP contribution is 2.22. The fourth-order valence-electron chi connectivity index (χ4n) is 1.98. The third-order valence-electron chi connectivity index (χ3n) is 3.09. The third-order valence-corrected chi connectivity index (χ3v) is 4.58. The molecule has 5 heteroatoms. The Morgan fingerprint density at radius 3 is 2.89 bits per heavy atom. The zero-order valence-electron chi connectivity index (χ0n) is 10.8. The lowest BCUT2D eigenvalue weighted by Crippen LogP contribution is -2.34. The number of aliphatic hydroxyl groups excluding tert-OH is 1. The number of ether oxygens (including phenoxy) is 1. The minimum atomic E-state index is -0.482. The average Bonchev–Trinajstić information content (AvgIpc) is 2.91. The number of hydrogen-bond acceptors (Lipinski definition) is 4. The maximum atomic E-state index is 9.82. The Bertz CT molecular complexity index is 368. The van der Waals surface area contributed by atoms with Gasteiger partial charge in [-0.1, -0.05) is 11.6 Å². The minimum absolute atomic E-state index is 0.300. The van der Waals surface area contributed by atoms with Gasteiger partial charge in [0.25, 0.3) is 0 Å². The lowest BCUT2D eigenvalue weighted by atomic mass is 10.1. The maximum Gasteiger partial charge on any atom is 0.119 e. The largest absolute Gasteiger partial charge is 0.491 e. The highest BCUT2D eigenvalue weighted by molar-refractivity contribution is 7.99. The molecule has 2 rings (SSSR count). The van der Waals surface area contributed by atoms with Crippen LogP contribution < -0.4 is 10.1 Å². The Labute approximate surface area is 123 Å². The molecule has 1 aromatic rings. The van der Waals surface area contributed by atoms with E-state index in [4.69, 9.17) is 16.3 Å². The van der Waals surface area contributed by atoms with E-state index in [0.29, 0.717) is 18.2 Å². The van der Waals surface area contributed by atoms with Gasteiger partial charge in [-0.3, -0.25) is 0 Å². The molecular formula is C14H20ClNO2S. The van der Waals surface area contributed by atoms with E-state index in [0.717, 1.165) is 18.2 Å². The zero-order valence-corrected chi connectivity index (χ0v) is 12.4. The molecule has 0 aromatic heterocycles. The van der Waals surface area contributed by atoms with Crippen LogP contribution in [0.5, 0.6) is 5.75 Å². The van der Waals surface area contributed by atoms with Gasteiger partial charge in [0.1, 0.15) is 18.5 Å². The van der Waals surface area contributed by atoms with Gasteiger partial charge in [-0.05, 0) is 54.7 Å². The Kier molecular flexibility index (Phi) is 6.31. The first-order chi connectivity index (χ1) is 9.24. The Hall–Kier alpha value is -0.420. The van der Waals surface area contributed by atoms with Crippen LogP contribution in [-0.2, 0) is 0 Å². The number of thioether (sulfide) groups is 1. The summed E-state index contributed by atoms with van der Waals surface area (Å²) >= 11 is 7.80. The van der Waals surface area contributed by atoms with E-state index in [1.54, 1.807) is 24.3 Å². The monoisotopic (exact) mass is 301 g/mol. The molecule has 2 N–H and O–H groups in total. The van der Waals surface area contributed by atoms with E-state index in [9.17, 15) is 5.11 Å². The van der Waals surface area contributed by atoms with Crippen LogP contribution in [0.4, 0.5) is 0 Å². The van der Waals surface area contributed by atoms with Gasteiger partial charge in [0.2, 0.25) is 0 Å². The lowest BCUT2D eigenvalue weighted by Gasteiger charge is -2.15. The van der Waals surface area contributed by atoms with Crippen molar-refractivity contribution < 1.29 is 9.84 Å². The Balaban J connectivity index is 1.58. The highest BCUT2D eigenvalue weighted by Gasteiger charge is 2.15. The first-order valence-electron chi connectivity index (χ1n) is 6.59. The molecule has 106 valence electrons. The van der Waals surface area contributed by atoms with E-state index >= 15 is 0 Å². The summed E-state index contributed by atoms with van der Waals surface area (Å²) in [4.78, 5) is 0. The number of aliphatic hydroxyl groups is 1. The zero-order chi connectivity index (χ0) is 13.5. The molecule has 1 aliphatic rings. The van der Waals surface area contributed by atoms with Gasteiger partial charge >= 0.3 is 0 Å². The fraction of sp³-hybridized carbons (Fsp3) is 0.571. The van der Waals surface area contributed by atoms with Crippen LogP contribution in [0.15, 0.2) is 24.3 Å². The molecule has 0 amide bonds. The minimum Gasteiger partial charge on any atom is -0.491 e. The van der Waals surface area contributed by atoms with Crippen LogP contribution >= 0.6 is 23.4 Å². The smallest absolute Gasteiger partial charge is 0.119 e. The highest BCUT2D eigenvalue weighted by atomic mass is 35.5. The predicted molar refractivity (Wildman–Crippen MR) is 81.3 cm³/mol. The maximum absolute atomic E-state index is 9.82. The summed E-state index contributed by atoms with van der Waals surface area (Å²) in [6, 6.07) is 7.16. The summed E-state index contributed by atoms with van der Waals surface area (Å²) in [6.45, 7) is 1.87. The van der Waals surface area contributed by atoms with E-state index in [1.807, 2.05) is 11.8 Å². The number of halogens is 1. The lowest BCUT2D eigenvalue weighted by molar-refractivity contribution is 0.106. The van der Waals surface area contributed by atoms with Crippen LogP contribution in [-0.4, -0.2) is 42.4 Å². The standard InChI is InChI=1S/C14H20ClNO2S/c15-12-1-3-14(4-2-12)18-9-13(17)8-16-7-11-5-6-19-10-11/h1-4,11,13,16-17H,5-10H2. The van der Waals surface area contributed by atoms with Crippen molar-refractivity contribution in [3.63, 3.8) is 0 Å². The van der Waals surface area contributed by atoms with Gasteiger partial charge in [-0.15, -0.1) is 0 Å². The summed E-state index contributed by atoms with van der Waals surface area (Å²) in [7, 11) is 0. The average molecular weight is 302 g/mol. The molecule has 0 spiro atoms. The number of rotatable bonds is 7. The molecule has 19 heavy (non-hydrogen) atoms. The third kappa shape index (κ3) is 5.61. The summed E-state index contributed by atoms with van der Waals surface area (Å²) in [5, 5.41) is 13.8. The van der Waals surface area contributed by atoms with Crippen LogP contribution in [0.25, 0.3) is 0 Å². The van der Waals surface area contributed by atoms with Crippen molar-refractivity contribution in [1.29, 1.82) is 0 Å². The predicted octanol–water partition coefficient (Wildman–Crippen LogP) is 2.42. The van der Waals surface area contributed by atoms with Crippen molar-refractivity contribution >= 4 is 23.4 Å². The second kappa shape index (κ2) is 8.00. The quantitative estimate of drug-likeness (QED) is 0.811. The molecule has 0 radical (unpaired) electrons. The van der Waals surface area contributed by atoms with Gasteiger partial charge in [-0.2, -0.15) is 11.8 Å². The van der Waals surface area contributed by atoms with Gasteiger partial charge in [0, 0.05) is 11.6 Å². The van der Waals surface area contributed by atoms with Gasteiger partial charge < -0.3 is 15.2 Å². The molecule has 1 heterocycles. The normalized spacial score (nSPS) is 20.4. The van der Waals surface area contributed by atoms with E-state index in [-0.39, 0.29) is 0 Å². The van der Waals surface area contributed by atoms with Crippen LogP contribution in [0.1, 0.15) is 6.42 Å². The molecule has 0 saturated carbocycles. The summed E-state index contributed by atoms with van der Waals surface area (Å²) in [5.41, 5.74) is 0. The summed E-state index contributed by atoms with van der Waals surface area (Å²) < 4.78 is 5.49. The van der Waals surface area contributed by atoms with Crippen molar-refractivity contribution in [1.82, 2.24) is 5.32 Å². The molecule has 0 bridgehead atoms. The van der Waals surface area contributed by atoms with E-state index in [1.165, 1.54) is 17.9 Å². The van der Waals surface area contributed by atoms with Crippen molar-refractivity contribution in [2.45, 2.75) is 12.5 Å². The van der Waals surface area contributed by atoms with E-state index in [2.05, 4.69) is 5.32 Å². The second-order valence-corrected chi connectivity index (χ2v) is 6.39. The number of benzene rings is 1. The van der Waals surface area contributed by atoms with Gasteiger partial charge in [0.15, 0.2) is 0 Å². The van der Waals surface area contributed by atoms with E-state index < -0.39 is 6.10 Å². The van der Waals surface area contributed by atoms with Crippen molar-refractivity contribution in [2.75, 3.05) is 31.2 Å². The Morgan fingerprint density at radius 2 is 2.21 bits per heavy atom. The first-order valence-corrected chi connectivity index (χ1v) is 8.12. The van der Waals surface area contributed by atoms with Crippen LogP contribution in [0.2, 0.25) is 5.02 Å². The van der Waals surface area contributed by atoms with Gasteiger partial charge in [-0.25, -0.2) is 0 Å². The number of nitrogens with one attached hydrogen (secondary N) is 1. The van der Waals surface area contributed by atoms with Crippen LogP contribution in [0.3, 0.4) is 0 Å².